The van der Waals surface area contributed by atoms with E-state index in [1.54, 1.807) is 12.3 Å². The second-order valence-corrected chi connectivity index (χ2v) is 4.05. The van der Waals surface area contributed by atoms with Crippen LogP contribution < -0.4 is 5.32 Å². The fraction of sp³-hybridized carbons (Fsp3) is 0.600. The van der Waals surface area contributed by atoms with Crippen molar-refractivity contribution in [2.75, 3.05) is 6.54 Å². The highest BCUT2D eigenvalue weighted by molar-refractivity contribution is 5.76. The molecule has 1 aliphatic carbocycles. The summed E-state index contributed by atoms with van der Waals surface area (Å²) in [4.78, 5) is 11.2. The Morgan fingerprint density at radius 1 is 1.69 bits per heavy atom. The normalized spacial score (nSPS) is 21.8. The van der Waals surface area contributed by atoms with E-state index in [-0.39, 0.29) is 18.7 Å². The number of H-pyrrole nitrogens is 1. The second kappa shape index (κ2) is 4.19. The summed E-state index contributed by atoms with van der Waals surface area (Å²) in [5.74, 6) is -3.66. The molecule has 1 amide bonds. The van der Waals surface area contributed by atoms with E-state index in [1.807, 2.05) is 0 Å². The number of hydrogen-bond donors (Lipinski definition) is 2. The fourth-order valence-electron chi connectivity index (χ4n) is 1.55. The van der Waals surface area contributed by atoms with Gasteiger partial charge in [0.25, 0.3) is 5.92 Å². The third-order valence-electron chi connectivity index (χ3n) is 2.66. The quantitative estimate of drug-likeness (QED) is 0.794. The van der Waals surface area contributed by atoms with E-state index in [1.165, 1.54) is 0 Å². The molecule has 0 unspecified atom stereocenters. The first-order valence-electron chi connectivity index (χ1n) is 5.21. The van der Waals surface area contributed by atoms with Crippen LogP contribution in [0.15, 0.2) is 12.3 Å². The second-order valence-electron chi connectivity index (χ2n) is 4.05. The molecule has 0 radical (unpaired) electrons. The molecule has 0 aliphatic heterocycles. The number of aromatic amines is 1. The standard InChI is InChI=1S/C10H13F2N3O/c11-10(12)6-7(10)5-9(16)13-3-1-8-2-4-14-15-8/h2,4,7H,1,3,5-6H2,(H,13,16)(H,14,15)/t7-/m1/s1. The number of halogens is 2. The van der Waals surface area contributed by atoms with Crippen LogP contribution in [-0.2, 0) is 11.2 Å². The Balaban J connectivity index is 1.61. The lowest BCUT2D eigenvalue weighted by Crippen LogP contribution is -2.26. The molecule has 88 valence electrons. The number of nitrogens with zero attached hydrogens (tertiary/aromatic N) is 1. The van der Waals surface area contributed by atoms with Crippen LogP contribution in [0.2, 0.25) is 0 Å². The van der Waals surface area contributed by atoms with E-state index in [0.717, 1.165) is 5.69 Å². The molecular formula is C10H13F2N3O. The number of hydrogen-bond acceptors (Lipinski definition) is 2. The molecule has 0 spiro atoms. The van der Waals surface area contributed by atoms with Crippen molar-refractivity contribution in [2.24, 2.45) is 5.92 Å². The third-order valence-corrected chi connectivity index (χ3v) is 2.66. The lowest BCUT2D eigenvalue weighted by atomic mass is 10.2. The predicted molar refractivity (Wildman–Crippen MR) is 53.0 cm³/mol. The van der Waals surface area contributed by atoms with Crippen molar-refractivity contribution in [2.45, 2.75) is 25.2 Å². The molecule has 0 bridgehead atoms. The van der Waals surface area contributed by atoms with Crippen LogP contribution >= 0.6 is 0 Å². The largest absolute Gasteiger partial charge is 0.356 e. The van der Waals surface area contributed by atoms with E-state index >= 15 is 0 Å². The predicted octanol–water partition coefficient (Wildman–Crippen LogP) is 1.11. The molecule has 2 N–H and O–H groups in total. The van der Waals surface area contributed by atoms with Crippen LogP contribution in [0, 0.1) is 5.92 Å². The third kappa shape index (κ3) is 2.77. The summed E-state index contributed by atoms with van der Waals surface area (Å²) in [5, 5.41) is 9.13. The van der Waals surface area contributed by atoms with Crippen molar-refractivity contribution >= 4 is 5.91 Å². The lowest BCUT2D eigenvalue weighted by molar-refractivity contribution is -0.121. The molecule has 6 heteroatoms. The first-order valence-corrected chi connectivity index (χ1v) is 5.21. The maximum atomic E-state index is 12.5. The number of carbonyl (C=O) groups excluding carboxylic acids is 1. The van der Waals surface area contributed by atoms with Gasteiger partial charge in [0, 0.05) is 43.6 Å². The zero-order valence-electron chi connectivity index (χ0n) is 8.67. The summed E-state index contributed by atoms with van der Waals surface area (Å²) >= 11 is 0. The molecule has 1 aliphatic rings. The van der Waals surface area contributed by atoms with Gasteiger partial charge in [-0.25, -0.2) is 8.78 Å². The molecule has 0 aromatic carbocycles. The Morgan fingerprint density at radius 2 is 2.44 bits per heavy atom. The summed E-state index contributed by atoms with van der Waals surface area (Å²) in [5.41, 5.74) is 0.914. The van der Waals surface area contributed by atoms with Crippen LogP contribution in [0.4, 0.5) is 8.78 Å². The molecule has 0 saturated heterocycles. The molecule has 1 fully saturated rings. The van der Waals surface area contributed by atoms with Gasteiger partial charge in [0.2, 0.25) is 5.91 Å². The molecule has 4 nitrogen and oxygen atoms in total. The number of rotatable bonds is 5. The van der Waals surface area contributed by atoms with Gasteiger partial charge in [0.1, 0.15) is 0 Å². The number of alkyl halides is 2. The number of carbonyl (C=O) groups is 1. The maximum Gasteiger partial charge on any atom is 0.252 e. The average Bonchev–Trinajstić information content (AvgIpc) is 2.68. The highest BCUT2D eigenvalue weighted by Crippen LogP contribution is 2.50. The molecule has 16 heavy (non-hydrogen) atoms. The van der Waals surface area contributed by atoms with Crippen LogP contribution in [-0.4, -0.2) is 28.6 Å². The number of nitrogens with one attached hydrogen (secondary N) is 2. The zero-order chi connectivity index (χ0) is 11.6. The van der Waals surface area contributed by atoms with E-state index < -0.39 is 11.8 Å². The van der Waals surface area contributed by atoms with Gasteiger partial charge in [0.05, 0.1) is 0 Å². The van der Waals surface area contributed by atoms with E-state index in [9.17, 15) is 13.6 Å². The lowest BCUT2D eigenvalue weighted by Gasteiger charge is -2.03. The van der Waals surface area contributed by atoms with Crippen molar-refractivity contribution < 1.29 is 13.6 Å². The highest BCUT2D eigenvalue weighted by Gasteiger charge is 2.57. The average molecular weight is 229 g/mol. The molecular weight excluding hydrogens is 216 g/mol. The first kappa shape index (κ1) is 11.0. The van der Waals surface area contributed by atoms with Crippen molar-refractivity contribution in [3.8, 4) is 0 Å². The van der Waals surface area contributed by atoms with Gasteiger partial charge < -0.3 is 5.32 Å². The van der Waals surface area contributed by atoms with Crippen LogP contribution in [0.1, 0.15) is 18.5 Å². The van der Waals surface area contributed by atoms with Crippen LogP contribution in [0.25, 0.3) is 0 Å². The Kier molecular flexibility index (Phi) is 2.89. The van der Waals surface area contributed by atoms with Gasteiger partial charge in [-0.2, -0.15) is 5.10 Å². The summed E-state index contributed by atoms with van der Waals surface area (Å²) in [6.07, 6.45) is 2.03. The monoisotopic (exact) mass is 229 g/mol. The van der Waals surface area contributed by atoms with Gasteiger partial charge in [0.15, 0.2) is 0 Å². The Bertz CT molecular complexity index is 364. The molecule has 1 aromatic rings. The smallest absolute Gasteiger partial charge is 0.252 e. The maximum absolute atomic E-state index is 12.5. The van der Waals surface area contributed by atoms with Crippen molar-refractivity contribution in [3.63, 3.8) is 0 Å². The van der Waals surface area contributed by atoms with Gasteiger partial charge in [-0.15, -0.1) is 0 Å². The Morgan fingerprint density at radius 3 is 3.00 bits per heavy atom. The molecule has 1 atom stereocenters. The minimum absolute atomic E-state index is 0.0734. The van der Waals surface area contributed by atoms with Crippen LogP contribution in [0.5, 0.6) is 0 Å². The van der Waals surface area contributed by atoms with Gasteiger partial charge in [-0.05, 0) is 6.07 Å². The minimum Gasteiger partial charge on any atom is -0.356 e. The van der Waals surface area contributed by atoms with Crippen molar-refractivity contribution in [1.82, 2.24) is 15.5 Å². The molecule has 1 heterocycles. The first-order chi connectivity index (χ1) is 7.58. The minimum atomic E-state index is -2.61. The van der Waals surface area contributed by atoms with Crippen LogP contribution in [0.3, 0.4) is 0 Å². The topological polar surface area (TPSA) is 57.8 Å². The molecule has 1 saturated carbocycles. The number of amides is 1. The molecule has 2 rings (SSSR count). The zero-order valence-corrected chi connectivity index (χ0v) is 8.67. The SMILES string of the molecule is O=C(C[C@@H]1CC1(F)F)NCCc1ccn[nH]1. The van der Waals surface area contributed by atoms with Crippen molar-refractivity contribution in [1.29, 1.82) is 0 Å². The Labute approximate surface area is 91.4 Å². The molecule has 1 aromatic heterocycles. The number of aromatic nitrogens is 2. The summed E-state index contributed by atoms with van der Waals surface area (Å²) in [6, 6.07) is 1.81. The van der Waals surface area contributed by atoms with Crippen molar-refractivity contribution in [3.05, 3.63) is 18.0 Å². The van der Waals surface area contributed by atoms with Gasteiger partial charge >= 0.3 is 0 Å². The summed E-state index contributed by atoms with van der Waals surface area (Å²) in [7, 11) is 0. The van der Waals surface area contributed by atoms with E-state index in [0.29, 0.717) is 13.0 Å². The summed E-state index contributed by atoms with van der Waals surface area (Å²) in [6.45, 7) is 0.444. The summed E-state index contributed by atoms with van der Waals surface area (Å²) < 4.78 is 25.0. The Hall–Kier alpha value is -1.46. The van der Waals surface area contributed by atoms with Gasteiger partial charge in [-0.1, -0.05) is 0 Å². The highest BCUT2D eigenvalue weighted by atomic mass is 19.3. The van der Waals surface area contributed by atoms with E-state index in [2.05, 4.69) is 15.5 Å². The fourth-order valence-corrected chi connectivity index (χ4v) is 1.55. The van der Waals surface area contributed by atoms with E-state index in [4.69, 9.17) is 0 Å². The van der Waals surface area contributed by atoms with Gasteiger partial charge in [-0.3, -0.25) is 9.89 Å².